The van der Waals surface area contributed by atoms with E-state index in [4.69, 9.17) is 46.9 Å². The number of carbonyl (C=O) groups excluding carboxylic acids is 1. The number of carbonyl (C=O) groups is 1. The minimum Gasteiger partial charge on any atom is -0.465 e. The van der Waals surface area contributed by atoms with Gasteiger partial charge in [0.25, 0.3) is 0 Å². The van der Waals surface area contributed by atoms with E-state index in [0.29, 0.717) is 69.5 Å². The number of piperidine rings is 1. The van der Waals surface area contributed by atoms with Crippen LogP contribution in [0.5, 0.6) is 0 Å². The zero-order valence-corrected chi connectivity index (χ0v) is 27.9. The van der Waals surface area contributed by atoms with Crippen molar-refractivity contribution < 1.29 is 23.5 Å². The van der Waals surface area contributed by atoms with Gasteiger partial charge < -0.3 is 23.6 Å². The quantitative estimate of drug-likeness (QED) is 0.171. The molecule has 5 atom stereocenters. The van der Waals surface area contributed by atoms with Crippen molar-refractivity contribution in [3.63, 3.8) is 0 Å². The van der Waals surface area contributed by atoms with E-state index in [1.807, 2.05) is 30.3 Å². The molecule has 2 aliphatic carbocycles. The maximum Gasteiger partial charge on any atom is 0.337 e. The summed E-state index contributed by atoms with van der Waals surface area (Å²) < 4.78 is 24.9. The van der Waals surface area contributed by atoms with Crippen molar-refractivity contribution in [2.45, 2.75) is 94.2 Å². The zero-order valence-electron chi connectivity index (χ0n) is 25.5. The van der Waals surface area contributed by atoms with Crippen LogP contribution in [-0.2, 0) is 20.8 Å². The summed E-state index contributed by atoms with van der Waals surface area (Å²) in [5, 5.41) is 6.58. The van der Waals surface area contributed by atoms with Gasteiger partial charge in [-0.1, -0.05) is 45.8 Å². The van der Waals surface area contributed by atoms with Gasteiger partial charge in [-0.2, -0.15) is 0 Å². The number of methoxy groups -OCH3 is 1. The Bertz CT molecular complexity index is 1810. The molecule has 2 saturated carbocycles. The standard InChI is InChI=1S/C35H35Cl2N3O5S/c1-42-34(41)19-12-24(18-10-22-7-8-23(11-18)44-22)31-29(13-19)46-35(38-31)40-15-20-9-21(40)14-28(20)43-16-25-32(39-45-33(25)17-5-6-17)30-26(36)3-2-4-27(30)37/h2-4,12-13,17-18,20-23,28H,5-11,14-16H2,1H3/t18?,20-,21-,22?,23?,28+/m0/s1. The normalized spacial score (nSPS) is 28.5. The second kappa shape index (κ2) is 11.5. The number of rotatable bonds is 8. The topological polar surface area (TPSA) is 86.9 Å². The SMILES string of the molecule is COC(=O)c1cc(C2CC3CCC(C2)O3)c2nc(N3C[C@@H]4C[C@H]3C[C@H]4OCc3c(-c4c(Cl)cccc4Cl)noc3C3CC3)sc2c1. The van der Waals surface area contributed by atoms with Crippen molar-refractivity contribution in [1.82, 2.24) is 10.1 Å². The molecule has 0 spiro atoms. The molecule has 4 aromatic rings. The molecule has 4 bridgehead atoms. The number of halogens is 2. The van der Waals surface area contributed by atoms with Crippen molar-refractivity contribution >= 4 is 55.9 Å². The third-order valence-electron chi connectivity index (χ3n) is 10.8. The fourth-order valence-corrected chi connectivity index (χ4v) is 10.1. The highest BCUT2D eigenvalue weighted by atomic mass is 35.5. The molecular formula is C35H35Cl2N3O5S. The van der Waals surface area contributed by atoms with Gasteiger partial charge in [0, 0.05) is 35.5 Å². The molecule has 9 rings (SSSR count). The number of fused-ring (bicyclic) bond motifs is 5. The molecule has 2 aromatic heterocycles. The first kappa shape index (κ1) is 29.4. The van der Waals surface area contributed by atoms with Crippen LogP contribution in [0.1, 0.15) is 90.4 Å². The lowest BCUT2D eigenvalue weighted by atomic mass is 9.87. The summed E-state index contributed by atoms with van der Waals surface area (Å²) in [6.45, 7) is 1.33. The molecule has 5 fully saturated rings. The van der Waals surface area contributed by atoms with Crippen LogP contribution >= 0.6 is 34.5 Å². The van der Waals surface area contributed by atoms with Crippen molar-refractivity contribution in [2.75, 3.05) is 18.6 Å². The van der Waals surface area contributed by atoms with Gasteiger partial charge in [-0.25, -0.2) is 9.78 Å². The number of nitrogens with zero attached hydrogens (tertiary/aromatic N) is 3. The molecule has 240 valence electrons. The van der Waals surface area contributed by atoms with Crippen LogP contribution < -0.4 is 4.90 Å². The highest BCUT2D eigenvalue weighted by Crippen LogP contribution is 2.49. The molecule has 46 heavy (non-hydrogen) atoms. The van der Waals surface area contributed by atoms with E-state index in [0.717, 1.165) is 84.6 Å². The fourth-order valence-electron chi connectivity index (χ4n) is 8.41. The summed E-state index contributed by atoms with van der Waals surface area (Å²) in [5.74, 6) is 1.74. The van der Waals surface area contributed by atoms with E-state index >= 15 is 0 Å². The summed E-state index contributed by atoms with van der Waals surface area (Å²) in [6, 6.07) is 9.85. The molecular weight excluding hydrogens is 645 g/mol. The highest BCUT2D eigenvalue weighted by molar-refractivity contribution is 7.22. The van der Waals surface area contributed by atoms with Gasteiger partial charge in [-0.15, -0.1) is 0 Å². The fraction of sp³-hybridized carbons (Fsp3) is 0.514. The van der Waals surface area contributed by atoms with Crippen LogP contribution in [0.4, 0.5) is 5.13 Å². The Hall–Kier alpha value is -2.69. The number of ether oxygens (including phenoxy) is 3. The third kappa shape index (κ3) is 5.05. The van der Waals surface area contributed by atoms with E-state index in [-0.39, 0.29) is 12.1 Å². The van der Waals surface area contributed by atoms with Crippen molar-refractivity contribution in [1.29, 1.82) is 0 Å². The van der Waals surface area contributed by atoms with E-state index in [9.17, 15) is 4.79 Å². The zero-order chi connectivity index (χ0) is 31.1. The van der Waals surface area contributed by atoms with Gasteiger partial charge in [0.1, 0.15) is 11.5 Å². The van der Waals surface area contributed by atoms with Gasteiger partial charge in [0.15, 0.2) is 5.13 Å². The van der Waals surface area contributed by atoms with E-state index in [1.54, 1.807) is 11.3 Å². The van der Waals surface area contributed by atoms with E-state index in [2.05, 4.69) is 10.1 Å². The molecule has 3 saturated heterocycles. The molecule has 0 radical (unpaired) electrons. The lowest BCUT2D eigenvalue weighted by Crippen LogP contribution is -2.38. The molecule has 5 heterocycles. The number of aromatic nitrogens is 2. The first-order valence-electron chi connectivity index (χ1n) is 16.4. The van der Waals surface area contributed by atoms with E-state index in [1.165, 1.54) is 12.7 Å². The Balaban J connectivity index is 0.951. The van der Waals surface area contributed by atoms with Crippen LogP contribution in [0.15, 0.2) is 34.9 Å². The molecule has 0 N–H and O–H groups in total. The lowest BCUT2D eigenvalue weighted by Gasteiger charge is -2.31. The summed E-state index contributed by atoms with van der Waals surface area (Å²) in [7, 11) is 1.45. The maximum absolute atomic E-state index is 12.7. The Morgan fingerprint density at radius 1 is 1.04 bits per heavy atom. The second-order valence-corrected chi connectivity index (χ2v) is 15.5. The van der Waals surface area contributed by atoms with Crippen molar-refractivity contribution in [2.24, 2.45) is 5.92 Å². The van der Waals surface area contributed by atoms with Crippen LogP contribution in [-0.4, -0.2) is 54.1 Å². The predicted molar refractivity (Wildman–Crippen MR) is 177 cm³/mol. The van der Waals surface area contributed by atoms with Crippen molar-refractivity contribution in [3.8, 4) is 11.3 Å². The van der Waals surface area contributed by atoms with Gasteiger partial charge in [0.05, 0.1) is 57.9 Å². The minimum absolute atomic E-state index is 0.145. The van der Waals surface area contributed by atoms with Crippen LogP contribution in [0.25, 0.3) is 21.5 Å². The second-order valence-electron chi connectivity index (χ2n) is 13.7. The first-order chi connectivity index (χ1) is 22.4. The number of esters is 1. The molecule has 2 aromatic carbocycles. The van der Waals surface area contributed by atoms with E-state index < -0.39 is 0 Å². The highest BCUT2D eigenvalue weighted by Gasteiger charge is 2.47. The van der Waals surface area contributed by atoms with Crippen molar-refractivity contribution in [3.05, 3.63) is 62.8 Å². The third-order valence-corrected chi connectivity index (χ3v) is 12.5. The first-order valence-corrected chi connectivity index (χ1v) is 18.0. The molecule has 11 heteroatoms. The average molecular weight is 681 g/mol. The van der Waals surface area contributed by atoms with Gasteiger partial charge in [0.2, 0.25) is 0 Å². The predicted octanol–water partition coefficient (Wildman–Crippen LogP) is 8.53. The monoisotopic (exact) mass is 679 g/mol. The minimum atomic E-state index is -0.300. The maximum atomic E-state index is 12.7. The van der Waals surface area contributed by atoms with Gasteiger partial charge >= 0.3 is 5.97 Å². The summed E-state index contributed by atoms with van der Waals surface area (Å²) in [4.78, 5) is 20.4. The van der Waals surface area contributed by atoms with Gasteiger partial charge in [-0.3, -0.25) is 0 Å². The molecule has 8 nitrogen and oxygen atoms in total. The molecule has 5 aliphatic rings. The largest absolute Gasteiger partial charge is 0.465 e. The lowest BCUT2D eigenvalue weighted by molar-refractivity contribution is -0.00361. The Morgan fingerprint density at radius 3 is 2.52 bits per heavy atom. The number of hydrogen-bond acceptors (Lipinski definition) is 9. The smallest absolute Gasteiger partial charge is 0.337 e. The Labute approximate surface area is 281 Å². The number of hydrogen-bond donors (Lipinski definition) is 0. The number of thiazole rings is 1. The molecule has 2 unspecified atom stereocenters. The molecule has 3 aliphatic heterocycles. The van der Waals surface area contributed by atoms with Crippen LogP contribution in [0.2, 0.25) is 10.0 Å². The number of benzene rings is 2. The van der Waals surface area contributed by atoms with Gasteiger partial charge in [-0.05, 0) is 87.1 Å². The Kier molecular flexibility index (Phi) is 7.35. The van der Waals surface area contributed by atoms with Crippen LogP contribution in [0, 0.1) is 5.92 Å². The number of anilines is 1. The summed E-state index contributed by atoms with van der Waals surface area (Å²) in [6.07, 6.45) is 9.18. The Morgan fingerprint density at radius 2 is 1.83 bits per heavy atom. The summed E-state index contributed by atoms with van der Waals surface area (Å²) >= 11 is 14.8. The summed E-state index contributed by atoms with van der Waals surface area (Å²) in [5.41, 5.74) is 5.17. The molecule has 0 amide bonds. The van der Waals surface area contributed by atoms with Crippen LogP contribution in [0.3, 0.4) is 0 Å². The average Bonchev–Trinajstić information content (AvgIpc) is 3.42.